The van der Waals surface area contributed by atoms with Crippen molar-refractivity contribution in [1.29, 1.82) is 5.39 Å². The van der Waals surface area contributed by atoms with Crippen LogP contribution >= 0.6 is 12.2 Å². The second-order valence-corrected chi connectivity index (χ2v) is 6.61. The van der Waals surface area contributed by atoms with Crippen molar-refractivity contribution in [3.05, 3.63) is 69.8 Å². The molecular weight excluding hydrogens is 389 g/mol. The number of diazo groups is 1. The summed E-state index contributed by atoms with van der Waals surface area (Å²) in [6.45, 7) is 0. The Morgan fingerprint density at radius 2 is 1.93 bits per heavy atom. The number of nitrogens with zero attached hydrogens (tertiary/aromatic N) is 2. The van der Waals surface area contributed by atoms with Gasteiger partial charge < -0.3 is 9.30 Å². The summed E-state index contributed by atoms with van der Waals surface area (Å²) in [4.78, 5) is 19.3. The first-order valence-electron chi connectivity index (χ1n) is 8.38. The molecule has 1 aliphatic heterocycles. The Morgan fingerprint density at radius 1 is 1.14 bits per heavy atom. The quantitative estimate of drug-likeness (QED) is 0.135. The Balaban J connectivity index is 2.03. The fourth-order valence-electron chi connectivity index (χ4n) is 3.21. The summed E-state index contributed by atoms with van der Waals surface area (Å²) in [6.07, 6.45) is 0. The molecule has 0 atom stereocenters. The molecule has 2 aromatic carbocycles. The van der Waals surface area contributed by atoms with Crippen LogP contribution in [0.5, 0.6) is 5.75 Å². The molecule has 0 unspecified atom stereocenters. The van der Waals surface area contributed by atoms with E-state index in [1.165, 1.54) is 18.2 Å². The molecule has 138 valence electrons. The van der Waals surface area contributed by atoms with Crippen LogP contribution in [0, 0.1) is 5.39 Å². The van der Waals surface area contributed by atoms with Gasteiger partial charge in [-0.2, -0.15) is 0 Å². The average molecular weight is 400 g/mol. The van der Waals surface area contributed by atoms with Gasteiger partial charge in [0.15, 0.2) is 11.2 Å². The first-order valence-corrected chi connectivity index (χ1v) is 8.79. The summed E-state index contributed by atoms with van der Waals surface area (Å²) in [6, 6.07) is 14.5. The highest BCUT2D eigenvalue weighted by molar-refractivity contribution is 7.80. The number of fused-ring (bicyclic) bond motifs is 2. The molecule has 7 nitrogen and oxygen atoms in total. The van der Waals surface area contributed by atoms with Gasteiger partial charge in [0.1, 0.15) is 24.9 Å². The minimum Gasteiger partial charge on any atom is -0.456 e. The number of rotatable bonds is 3. The van der Waals surface area contributed by atoms with Crippen molar-refractivity contribution in [2.45, 2.75) is 0 Å². The largest absolute Gasteiger partial charge is 0.491 e. The molecule has 4 rings (SSSR count). The van der Waals surface area contributed by atoms with Gasteiger partial charge in [-0.1, -0.05) is 17.6 Å². The molecule has 0 amide bonds. The van der Waals surface area contributed by atoms with Crippen molar-refractivity contribution in [3.8, 4) is 28.2 Å². The molecule has 2 radical (unpaired) electrons. The van der Waals surface area contributed by atoms with Crippen LogP contribution in [0.2, 0.25) is 0 Å². The second-order valence-electron chi connectivity index (χ2n) is 6.22. The topological polar surface area (TPSA) is 99.9 Å². The van der Waals surface area contributed by atoms with Gasteiger partial charge in [-0.15, -0.1) is 0 Å². The van der Waals surface area contributed by atoms with Gasteiger partial charge in [-0.05, 0) is 30.3 Å². The predicted octanol–water partition coefficient (Wildman–Crippen LogP) is 3.76. The van der Waals surface area contributed by atoms with Crippen molar-refractivity contribution < 1.29 is 14.6 Å². The maximum Gasteiger partial charge on any atom is 0.491 e. The molecule has 29 heavy (non-hydrogen) atoms. The minimum atomic E-state index is -0.199. The van der Waals surface area contributed by atoms with Crippen LogP contribution in [0.25, 0.3) is 38.4 Å². The van der Waals surface area contributed by atoms with Gasteiger partial charge in [0.05, 0.1) is 5.39 Å². The Labute approximate surface area is 170 Å². The molecule has 1 aliphatic carbocycles. The molecule has 2 N–H and O–H groups in total. The van der Waals surface area contributed by atoms with Crippen molar-refractivity contribution >= 4 is 47.3 Å². The third kappa shape index (κ3) is 3.42. The lowest BCUT2D eigenvalue weighted by molar-refractivity contribution is -0.137. The van der Waals surface area contributed by atoms with E-state index in [0.29, 0.717) is 44.6 Å². The van der Waals surface area contributed by atoms with E-state index in [1.807, 2.05) is 0 Å². The predicted molar refractivity (Wildman–Crippen MR) is 114 cm³/mol. The number of benzene rings is 3. The Hall–Kier alpha value is -3.74. The maximum absolute atomic E-state index is 11.8. The smallest absolute Gasteiger partial charge is 0.456 e. The molecule has 1 heterocycles. The summed E-state index contributed by atoms with van der Waals surface area (Å²) in [7, 11) is 5.89. The van der Waals surface area contributed by atoms with Crippen molar-refractivity contribution in [2.75, 3.05) is 5.32 Å². The van der Waals surface area contributed by atoms with Crippen molar-refractivity contribution in [3.63, 3.8) is 0 Å². The third-order valence-corrected chi connectivity index (χ3v) is 4.59. The van der Waals surface area contributed by atoms with Crippen LogP contribution in [-0.2, 0) is 0 Å². The van der Waals surface area contributed by atoms with Crippen LogP contribution in [-0.4, -0.2) is 18.2 Å². The minimum absolute atomic E-state index is 0.118. The Bertz CT molecular complexity index is 1350. The first-order chi connectivity index (χ1) is 14.0. The second kappa shape index (κ2) is 7.35. The molecule has 2 aromatic rings. The van der Waals surface area contributed by atoms with E-state index in [4.69, 9.17) is 29.9 Å². The Kier molecular flexibility index (Phi) is 4.72. The van der Waals surface area contributed by atoms with Gasteiger partial charge in [0, 0.05) is 51.4 Å². The summed E-state index contributed by atoms with van der Waals surface area (Å²) >= 11 is 4.81. The van der Waals surface area contributed by atoms with Gasteiger partial charge >= 0.3 is 5.11 Å². The Morgan fingerprint density at radius 3 is 2.69 bits per heavy atom. The molecule has 0 spiro atoms. The molecule has 0 saturated carbocycles. The summed E-state index contributed by atoms with van der Waals surface area (Å²) in [5, 5.41) is 21.5. The lowest BCUT2D eigenvalue weighted by atomic mass is 9.90. The SMILES string of the molecule is [B]c1ccc2c(-c3ccc(NC(=S)[N+]#N)cc3OO)c3ccc(=O)cc-3oc2c1. The van der Waals surface area contributed by atoms with E-state index in [-0.39, 0.29) is 16.3 Å². The van der Waals surface area contributed by atoms with Crippen LogP contribution in [0.1, 0.15) is 0 Å². The van der Waals surface area contributed by atoms with E-state index in [1.54, 1.807) is 36.4 Å². The number of nitrogens with one attached hydrogen (secondary N) is 1. The zero-order valence-electron chi connectivity index (χ0n) is 14.7. The van der Waals surface area contributed by atoms with Gasteiger partial charge in [-0.25, -0.2) is 10.6 Å². The number of thiocarbonyl (C=S) groups is 1. The highest BCUT2D eigenvalue weighted by Crippen LogP contribution is 2.43. The molecule has 2 aliphatic rings. The lowest BCUT2D eigenvalue weighted by Gasteiger charge is -2.17. The number of hydrogen-bond acceptors (Lipinski definition) is 6. The average Bonchev–Trinajstić information content (AvgIpc) is 2.71. The third-order valence-electron chi connectivity index (χ3n) is 4.41. The van der Waals surface area contributed by atoms with Crippen LogP contribution in [0.3, 0.4) is 0 Å². The van der Waals surface area contributed by atoms with E-state index in [0.717, 1.165) is 0 Å². The van der Waals surface area contributed by atoms with Crippen LogP contribution in [0.15, 0.2) is 63.8 Å². The monoisotopic (exact) mass is 400 g/mol. The van der Waals surface area contributed by atoms with E-state index in [2.05, 4.69) is 15.2 Å². The van der Waals surface area contributed by atoms with Gasteiger partial charge in [0.25, 0.3) is 0 Å². The molecule has 0 aromatic heterocycles. The fourth-order valence-corrected chi connectivity index (χ4v) is 3.33. The summed E-state index contributed by atoms with van der Waals surface area (Å²) < 4.78 is 5.88. The van der Waals surface area contributed by atoms with Crippen LogP contribution in [0.4, 0.5) is 5.69 Å². The van der Waals surface area contributed by atoms with E-state index in [9.17, 15) is 10.1 Å². The van der Waals surface area contributed by atoms with E-state index < -0.39 is 0 Å². The molecule has 9 heteroatoms. The zero-order valence-corrected chi connectivity index (χ0v) is 15.6. The highest BCUT2D eigenvalue weighted by Gasteiger charge is 2.21. The molecule has 0 saturated heterocycles. The van der Waals surface area contributed by atoms with E-state index >= 15 is 0 Å². The van der Waals surface area contributed by atoms with Gasteiger partial charge in [-0.3, -0.25) is 4.79 Å². The molecular formula is C20H11BN3O4S+. The summed E-state index contributed by atoms with van der Waals surface area (Å²) in [5.41, 5.74) is 3.11. The van der Waals surface area contributed by atoms with Gasteiger partial charge in [0.2, 0.25) is 0 Å². The normalized spacial score (nSPS) is 10.6. The standard InChI is InChI=1S/C20H10BN3O4S/c21-10-1-4-13-16(7-10)27-17-9-12(25)3-6-14(17)19(13)15-5-2-11(8-18(15)28-26)23-20(29)24-22/h1-9H,(H-,23,26,29)/p+1. The maximum atomic E-state index is 11.8. The van der Waals surface area contributed by atoms with Crippen molar-refractivity contribution in [2.24, 2.45) is 0 Å². The number of anilines is 1. The zero-order chi connectivity index (χ0) is 20.5. The first kappa shape index (κ1) is 18.6. The lowest BCUT2D eigenvalue weighted by Crippen LogP contribution is -2.05. The van der Waals surface area contributed by atoms with Crippen LogP contribution < -0.4 is 21.1 Å². The van der Waals surface area contributed by atoms with Crippen molar-refractivity contribution in [1.82, 2.24) is 0 Å². The molecule has 0 bridgehead atoms. The highest BCUT2D eigenvalue weighted by atomic mass is 32.1. The fraction of sp³-hybridized carbons (Fsp3) is 0. The molecule has 0 fully saturated rings. The number of hydrogen-bond donors (Lipinski definition) is 2. The summed E-state index contributed by atoms with van der Waals surface area (Å²) in [5.74, 6) is 0.490.